The van der Waals surface area contributed by atoms with Gasteiger partial charge in [0.1, 0.15) is 16.5 Å². The van der Waals surface area contributed by atoms with Gasteiger partial charge in [0.2, 0.25) is 10.0 Å². The van der Waals surface area contributed by atoms with E-state index >= 15 is 0 Å². The molecular formula is C15H15BrF2N2O2S. The molecule has 23 heavy (non-hydrogen) atoms. The molecule has 1 N–H and O–H groups in total. The average Bonchev–Trinajstić information content (AvgIpc) is 2.44. The first-order valence-corrected chi connectivity index (χ1v) is 8.89. The molecule has 0 aromatic heterocycles. The molecule has 4 nitrogen and oxygen atoms in total. The highest BCUT2D eigenvalue weighted by Gasteiger charge is 2.23. The van der Waals surface area contributed by atoms with Crippen LogP contribution in [-0.2, 0) is 16.6 Å². The molecule has 0 heterocycles. The molecule has 0 amide bonds. The molecule has 0 aliphatic rings. The van der Waals surface area contributed by atoms with Crippen LogP contribution in [0.5, 0.6) is 0 Å². The van der Waals surface area contributed by atoms with E-state index < -0.39 is 26.6 Å². The maximum absolute atomic E-state index is 13.8. The van der Waals surface area contributed by atoms with Crippen molar-refractivity contribution in [3.05, 3.63) is 58.1 Å². The largest absolute Gasteiger partial charge is 0.378 e. The second kappa shape index (κ2) is 6.94. The Labute approximate surface area is 142 Å². The van der Waals surface area contributed by atoms with Crippen LogP contribution in [0, 0.1) is 11.6 Å². The second-order valence-electron chi connectivity index (χ2n) is 5.08. The number of benzene rings is 2. The third-order valence-electron chi connectivity index (χ3n) is 3.15. The van der Waals surface area contributed by atoms with Crippen molar-refractivity contribution in [1.29, 1.82) is 0 Å². The first-order valence-electron chi connectivity index (χ1n) is 6.61. The Kier molecular flexibility index (Phi) is 5.38. The standard InChI is InChI=1S/C15H15BrF2N2O2S/c1-20(2)12-5-3-10(4-6-12)9-19-23(21,22)15-13(16)7-11(17)8-14(15)18/h3-8,19H,9H2,1-2H3. The van der Waals surface area contributed by atoms with Gasteiger partial charge in [0, 0.05) is 36.9 Å². The van der Waals surface area contributed by atoms with E-state index in [4.69, 9.17) is 0 Å². The molecule has 0 atom stereocenters. The Morgan fingerprint density at radius 2 is 1.74 bits per heavy atom. The van der Waals surface area contributed by atoms with E-state index in [0.29, 0.717) is 6.07 Å². The predicted molar refractivity (Wildman–Crippen MR) is 88.9 cm³/mol. The summed E-state index contributed by atoms with van der Waals surface area (Å²) in [5.41, 5.74) is 1.70. The fraction of sp³-hybridized carbons (Fsp3) is 0.200. The Bertz CT molecular complexity index is 786. The molecule has 124 valence electrons. The molecule has 0 aliphatic carbocycles. The lowest BCUT2D eigenvalue weighted by atomic mass is 10.2. The van der Waals surface area contributed by atoms with E-state index in [2.05, 4.69) is 20.7 Å². The van der Waals surface area contributed by atoms with Gasteiger partial charge >= 0.3 is 0 Å². The van der Waals surface area contributed by atoms with Crippen molar-refractivity contribution in [2.24, 2.45) is 0 Å². The Balaban J connectivity index is 2.19. The van der Waals surface area contributed by atoms with Crippen LogP contribution in [0.4, 0.5) is 14.5 Å². The zero-order valence-corrected chi connectivity index (χ0v) is 14.9. The van der Waals surface area contributed by atoms with Crippen molar-refractivity contribution in [2.45, 2.75) is 11.4 Å². The second-order valence-corrected chi connectivity index (χ2v) is 7.64. The van der Waals surface area contributed by atoms with Gasteiger partial charge in [-0.3, -0.25) is 0 Å². The van der Waals surface area contributed by atoms with Crippen LogP contribution in [0.3, 0.4) is 0 Å². The van der Waals surface area contributed by atoms with E-state index in [-0.39, 0.29) is 11.0 Å². The maximum atomic E-state index is 13.8. The molecule has 0 saturated carbocycles. The molecule has 0 aliphatic heterocycles. The van der Waals surface area contributed by atoms with Crippen LogP contribution in [0.2, 0.25) is 0 Å². The number of anilines is 1. The van der Waals surface area contributed by atoms with Gasteiger partial charge < -0.3 is 4.90 Å². The van der Waals surface area contributed by atoms with Gasteiger partial charge in [0.05, 0.1) is 0 Å². The molecule has 2 aromatic rings. The van der Waals surface area contributed by atoms with Gasteiger partial charge in [-0.1, -0.05) is 12.1 Å². The Hall–Kier alpha value is -1.51. The van der Waals surface area contributed by atoms with Crippen molar-refractivity contribution in [1.82, 2.24) is 4.72 Å². The van der Waals surface area contributed by atoms with Crippen molar-refractivity contribution < 1.29 is 17.2 Å². The minimum Gasteiger partial charge on any atom is -0.378 e. The number of nitrogens with one attached hydrogen (secondary N) is 1. The number of nitrogens with zero attached hydrogens (tertiary/aromatic N) is 1. The SMILES string of the molecule is CN(C)c1ccc(CNS(=O)(=O)c2c(F)cc(F)cc2Br)cc1. The first kappa shape index (κ1) is 17.8. The fourth-order valence-corrected chi connectivity index (χ4v) is 4.13. The van der Waals surface area contributed by atoms with Crippen molar-refractivity contribution in [3.8, 4) is 0 Å². The molecule has 2 rings (SSSR count). The maximum Gasteiger partial charge on any atom is 0.244 e. The Morgan fingerprint density at radius 1 is 1.13 bits per heavy atom. The first-order chi connectivity index (χ1) is 10.7. The molecule has 0 saturated heterocycles. The van der Waals surface area contributed by atoms with E-state index in [0.717, 1.165) is 17.3 Å². The summed E-state index contributed by atoms with van der Waals surface area (Å²) in [6.07, 6.45) is 0. The topological polar surface area (TPSA) is 49.4 Å². The predicted octanol–water partition coefficient (Wildman–Crippen LogP) is 3.27. The number of rotatable bonds is 5. The van der Waals surface area contributed by atoms with Crippen LogP contribution < -0.4 is 9.62 Å². The number of hydrogen-bond donors (Lipinski definition) is 1. The summed E-state index contributed by atoms with van der Waals surface area (Å²) >= 11 is 2.88. The smallest absolute Gasteiger partial charge is 0.244 e. The molecule has 8 heteroatoms. The lowest BCUT2D eigenvalue weighted by Crippen LogP contribution is -2.24. The highest BCUT2D eigenvalue weighted by molar-refractivity contribution is 9.10. The van der Waals surface area contributed by atoms with Crippen LogP contribution in [0.25, 0.3) is 0 Å². The van der Waals surface area contributed by atoms with Gasteiger partial charge in [-0.05, 0) is 39.7 Å². The van der Waals surface area contributed by atoms with Gasteiger partial charge in [0.25, 0.3) is 0 Å². The number of sulfonamides is 1. The average molecular weight is 405 g/mol. The van der Waals surface area contributed by atoms with Crippen molar-refractivity contribution >= 4 is 31.6 Å². The van der Waals surface area contributed by atoms with Crippen molar-refractivity contribution in [2.75, 3.05) is 19.0 Å². The van der Waals surface area contributed by atoms with Crippen LogP contribution in [0.1, 0.15) is 5.56 Å². The van der Waals surface area contributed by atoms with Gasteiger partial charge in [-0.15, -0.1) is 0 Å². The monoisotopic (exact) mass is 404 g/mol. The summed E-state index contributed by atoms with van der Waals surface area (Å²) in [6, 6.07) is 8.67. The van der Waals surface area contributed by atoms with Gasteiger partial charge in [0.15, 0.2) is 0 Å². The lowest BCUT2D eigenvalue weighted by Gasteiger charge is -2.13. The minimum absolute atomic E-state index is 0.000696. The molecular weight excluding hydrogens is 390 g/mol. The highest BCUT2D eigenvalue weighted by Crippen LogP contribution is 2.26. The highest BCUT2D eigenvalue weighted by atomic mass is 79.9. The quantitative estimate of drug-likeness (QED) is 0.831. The molecule has 0 spiro atoms. The number of hydrogen-bond acceptors (Lipinski definition) is 3. The summed E-state index contributed by atoms with van der Waals surface area (Å²) in [7, 11) is -0.321. The molecule has 2 aromatic carbocycles. The third kappa shape index (κ3) is 4.27. The van der Waals surface area contributed by atoms with Crippen LogP contribution in [0.15, 0.2) is 45.8 Å². The molecule has 0 bridgehead atoms. The zero-order chi connectivity index (χ0) is 17.2. The van der Waals surface area contributed by atoms with Gasteiger partial charge in [-0.2, -0.15) is 0 Å². The number of halogens is 3. The molecule has 0 unspecified atom stereocenters. The van der Waals surface area contributed by atoms with Gasteiger partial charge in [-0.25, -0.2) is 21.9 Å². The fourth-order valence-electron chi connectivity index (χ4n) is 1.95. The van der Waals surface area contributed by atoms with Crippen LogP contribution >= 0.6 is 15.9 Å². The zero-order valence-electron chi connectivity index (χ0n) is 12.5. The molecule has 0 fully saturated rings. The third-order valence-corrected chi connectivity index (χ3v) is 5.52. The summed E-state index contributed by atoms with van der Waals surface area (Å²) < 4.78 is 53.4. The minimum atomic E-state index is -4.11. The van der Waals surface area contributed by atoms with E-state index in [9.17, 15) is 17.2 Å². The van der Waals surface area contributed by atoms with E-state index in [1.807, 2.05) is 31.1 Å². The summed E-state index contributed by atoms with van der Waals surface area (Å²) in [6.45, 7) is -0.000696. The Morgan fingerprint density at radius 3 is 2.26 bits per heavy atom. The normalized spacial score (nSPS) is 11.5. The van der Waals surface area contributed by atoms with E-state index in [1.165, 1.54) is 0 Å². The lowest BCUT2D eigenvalue weighted by molar-refractivity contribution is 0.540. The molecule has 0 radical (unpaired) electrons. The van der Waals surface area contributed by atoms with E-state index in [1.54, 1.807) is 12.1 Å². The summed E-state index contributed by atoms with van der Waals surface area (Å²) in [5.74, 6) is -2.00. The summed E-state index contributed by atoms with van der Waals surface area (Å²) in [5, 5.41) is 0. The van der Waals surface area contributed by atoms with Crippen molar-refractivity contribution in [3.63, 3.8) is 0 Å². The summed E-state index contributed by atoms with van der Waals surface area (Å²) in [4.78, 5) is 1.31. The van der Waals surface area contributed by atoms with Crippen LogP contribution in [-0.4, -0.2) is 22.5 Å².